The summed E-state index contributed by atoms with van der Waals surface area (Å²) in [5.41, 5.74) is 0. The molecule has 2 nitrogen and oxygen atoms in total. The largest absolute Gasteiger partial charge is 0.495 e. The molecule has 1 aliphatic carbocycles. The van der Waals surface area contributed by atoms with Crippen LogP contribution < -0.4 is 0 Å². The molecule has 0 saturated heterocycles. The first kappa shape index (κ1) is 10.3. The minimum atomic E-state index is -4.29. The number of rotatable bonds is 2. The summed E-state index contributed by atoms with van der Waals surface area (Å²) in [4.78, 5) is 0. The lowest BCUT2D eigenvalue weighted by molar-refractivity contribution is -0.226. The van der Waals surface area contributed by atoms with Crippen LogP contribution in [0.5, 0.6) is 0 Å². The van der Waals surface area contributed by atoms with E-state index in [-0.39, 0.29) is 0 Å². The van der Waals surface area contributed by atoms with Crippen molar-refractivity contribution in [3.05, 3.63) is 11.8 Å². The molecule has 0 saturated carbocycles. The molecule has 0 aromatic carbocycles. The number of methoxy groups -OCH3 is 2. The highest BCUT2D eigenvalue weighted by Crippen LogP contribution is 2.48. The third kappa shape index (κ3) is 1.20. The Balaban J connectivity index is 3.05. The van der Waals surface area contributed by atoms with Crippen molar-refractivity contribution < 1.29 is 27.0 Å². The molecule has 0 aromatic rings. The summed E-state index contributed by atoms with van der Waals surface area (Å²) < 4.78 is 59.6. The molecule has 6 heteroatoms. The molecule has 0 aromatic heterocycles. The zero-order valence-corrected chi connectivity index (χ0v) is 6.98. The number of ether oxygens (including phenoxy) is 2. The smallest absolute Gasteiger partial charge is 0.368 e. The third-order valence-corrected chi connectivity index (χ3v) is 1.86. The second-order valence-electron chi connectivity index (χ2n) is 2.59. The Kier molecular flexibility index (Phi) is 2.27. The fourth-order valence-corrected chi connectivity index (χ4v) is 1.10. The Labute approximate surface area is 72.1 Å². The summed E-state index contributed by atoms with van der Waals surface area (Å²) in [6.07, 6.45) is -1.35. The summed E-state index contributed by atoms with van der Waals surface area (Å²) in [7, 11) is 1.84. The monoisotopic (exact) mass is 200 g/mol. The predicted octanol–water partition coefficient (Wildman–Crippen LogP) is 1.82. The zero-order chi connectivity index (χ0) is 10.3. The van der Waals surface area contributed by atoms with Crippen molar-refractivity contribution in [2.24, 2.45) is 0 Å². The first-order chi connectivity index (χ1) is 5.87. The molecule has 0 aliphatic heterocycles. The van der Waals surface area contributed by atoms with Gasteiger partial charge in [0.25, 0.3) is 0 Å². The minimum absolute atomic E-state index is 0.583. The van der Waals surface area contributed by atoms with Crippen LogP contribution >= 0.6 is 0 Å². The number of halogens is 4. The van der Waals surface area contributed by atoms with E-state index in [0.717, 1.165) is 14.2 Å². The van der Waals surface area contributed by atoms with Crippen molar-refractivity contribution in [1.29, 1.82) is 0 Å². The van der Waals surface area contributed by atoms with Gasteiger partial charge in [-0.1, -0.05) is 0 Å². The van der Waals surface area contributed by atoms with Crippen LogP contribution in [0, 0.1) is 0 Å². The molecule has 0 heterocycles. The quantitative estimate of drug-likeness (QED) is 0.633. The third-order valence-electron chi connectivity index (χ3n) is 1.86. The molecule has 13 heavy (non-hydrogen) atoms. The van der Waals surface area contributed by atoms with Crippen LogP contribution in [-0.2, 0) is 9.47 Å². The predicted molar refractivity (Wildman–Crippen MR) is 35.8 cm³/mol. The van der Waals surface area contributed by atoms with E-state index in [1.807, 2.05) is 0 Å². The zero-order valence-electron chi connectivity index (χ0n) is 6.98. The van der Waals surface area contributed by atoms with Gasteiger partial charge in [0.15, 0.2) is 5.76 Å². The summed E-state index contributed by atoms with van der Waals surface area (Å²) in [6, 6.07) is 0. The number of hydrogen-bond acceptors (Lipinski definition) is 2. The van der Waals surface area contributed by atoms with E-state index in [4.69, 9.17) is 0 Å². The number of alkyl halides is 4. The summed E-state index contributed by atoms with van der Waals surface area (Å²) in [5, 5.41) is 0. The molecule has 1 atom stereocenters. The van der Waals surface area contributed by atoms with E-state index in [0.29, 0.717) is 6.08 Å². The van der Waals surface area contributed by atoms with Crippen molar-refractivity contribution in [2.45, 2.75) is 17.9 Å². The first-order valence-corrected chi connectivity index (χ1v) is 3.42. The van der Waals surface area contributed by atoms with E-state index >= 15 is 0 Å². The summed E-state index contributed by atoms with van der Waals surface area (Å²) >= 11 is 0. The Hall–Kier alpha value is -0.780. The van der Waals surface area contributed by atoms with Gasteiger partial charge in [-0.25, -0.2) is 0 Å². The van der Waals surface area contributed by atoms with Gasteiger partial charge >= 0.3 is 11.8 Å². The Morgan fingerprint density at radius 2 is 1.77 bits per heavy atom. The first-order valence-electron chi connectivity index (χ1n) is 3.42. The van der Waals surface area contributed by atoms with E-state index in [2.05, 4.69) is 9.47 Å². The number of allylic oxidation sites excluding steroid dienone is 1. The maximum Gasteiger partial charge on any atom is 0.368 e. The topological polar surface area (TPSA) is 18.5 Å². The lowest BCUT2D eigenvalue weighted by atomic mass is 10.2. The molecule has 1 aliphatic rings. The van der Waals surface area contributed by atoms with Crippen molar-refractivity contribution in [1.82, 2.24) is 0 Å². The van der Waals surface area contributed by atoms with Gasteiger partial charge in [-0.2, -0.15) is 17.6 Å². The SMILES string of the molecule is COC1=CC(OC)C(F)(F)C1(F)F. The van der Waals surface area contributed by atoms with Crippen LogP contribution in [0.15, 0.2) is 11.8 Å². The van der Waals surface area contributed by atoms with E-state index in [9.17, 15) is 17.6 Å². The highest BCUT2D eigenvalue weighted by molar-refractivity contribution is 5.25. The van der Waals surface area contributed by atoms with E-state index in [1.165, 1.54) is 0 Å². The normalized spacial score (nSPS) is 30.0. The van der Waals surface area contributed by atoms with Crippen LogP contribution in [0.3, 0.4) is 0 Å². The van der Waals surface area contributed by atoms with Crippen molar-refractivity contribution >= 4 is 0 Å². The summed E-state index contributed by atoms with van der Waals surface area (Å²) in [5.74, 6) is -9.58. The lowest BCUT2D eigenvalue weighted by Crippen LogP contribution is -2.45. The molecule has 0 spiro atoms. The van der Waals surface area contributed by atoms with E-state index in [1.54, 1.807) is 0 Å². The average Bonchev–Trinajstić information content (AvgIpc) is 2.20. The van der Waals surface area contributed by atoms with Crippen molar-refractivity contribution in [2.75, 3.05) is 14.2 Å². The average molecular weight is 200 g/mol. The second-order valence-corrected chi connectivity index (χ2v) is 2.59. The fraction of sp³-hybridized carbons (Fsp3) is 0.714. The van der Waals surface area contributed by atoms with Gasteiger partial charge in [0.2, 0.25) is 0 Å². The highest BCUT2D eigenvalue weighted by Gasteiger charge is 2.68. The maximum absolute atomic E-state index is 12.8. The molecule has 76 valence electrons. The molecule has 0 bridgehead atoms. The molecule has 0 N–H and O–H groups in total. The van der Waals surface area contributed by atoms with Crippen LogP contribution in [-0.4, -0.2) is 32.2 Å². The Morgan fingerprint density at radius 3 is 2.00 bits per heavy atom. The molecule has 0 radical (unpaired) electrons. The van der Waals surface area contributed by atoms with Gasteiger partial charge in [-0.3, -0.25) is 0 Å². The van der Waals surface area contributed by atoms with Gasteiger partial charge in [-0.15, -0.1) is 0 Å². The Morgan fingerprint density at radius 1 is 1.23 bits per heavy atom. The van der Waals surface area contributed by atoms with Gasteiger partial charge in [0.1, 0.15) is 6.10 Å². The van der Waals surface area contributed by atoms with Gasteiger partial charge < -0.3 is 9.47 Å². The molecular formula is C7H8F4O2. The van der Waals surface area contributed by atoms with Crippen LogP contribution in [0.1, 0.15) is 0 Å². The molecular weight excluding hydrogens is 192 g/mol. The van der Waals surface area contributed by atoms with E-state index < -0.39 is 23.7 Å². The van der Waals surface area contributed by atoms with Gasteiger partial charge in [-0.05, 0) is 6.08 Å². The fourth-order valence-electron chi connectivity index (χ4n) is 1.10. The van der Waals surface area contributed by atoms with Crippen molar-refractivity contribution in [3.63, 3.8) is 0 Å². The second kappa shape index (κ2) is 2.87. The molecule has 0 amide bonds. The highest BCUT2D eigenvalue weighted by atomic mass is 19.3. The van der Waals surface area contributed by atoms with Crippen molar-refractivity contribution in [3.8, 4) is 0 Å². The van der Waals surface area contributed by atoms with Crippen LogP contribution in [0.2, 0.25) is 0 Å². The van der Waals surface area contributed by atoms with Gasteiger partial charge in [0, 0.05) is 7.11 Å². The van der Waals surface area contributed by atoms with Crippen LogP contribution in [0.4, 0.5) is 17.6 Å². The molecule has 1 unspecified atom stereocenters. The Bertz CT molecular complexity index is 237. The standard InChI is InChI=1S/C7H8F4O2/c1-12-4-3-5(13-2)7(10,11)6(4,8)9/h3-4H,1-2H3. The minimum Gasteiger partial charge on any atom is -0.495 e. The molecule has 1 rings (SSSR count). The van der Waals surface area contributed by atoms with Gasteiger partial charge in [0.05, 0.1) is 7.11 Å². The summed E-state index contributed by atoms with van der Waals surface area (Å²) in [6.45, 7) is 0. The van der Waals surface area contributed by atoms with Crippen LogP contribution in [0.25, 0.3) is 0 Å². The maximum atomic E-state index is 12.8. The molecule has 0 fully saturated rings. The lowest BCUT2D eigenvalue weighted by Gasteiger charge is -2.23. The number of hydrogen-bond donors (Lipinski definition) is 0.